The second-order valence-electron chi connectivity index (χ2n) is 7.69. The summed E-state index contributed by atoms with van der Waals surface area (Å²) in [6.45, 7) is 1.74. The summed E-state index contributed by atoms with van der Waals surface area (Å²) in [6, 6.07) is 15.3. The second kappa shape index (κ2) is 7.57. The highest BCUT2D eigenvalue weighted by atomic mass is 35.5. The van der Waals surface area contributed by atoms with Gasteiger partial charge in [0.1, 0.15) is 0 Å². The molecule has 28 heavy (non-hydrogen) atoms. The summed E-state index contributed by atoms with van der Waals surface area (Å²) in [5.74, 6) is -0.105. The molecule has 2 amide bonds. The van der Waals surface area contributed by atoms with E-state index in [9.17, 15) is 9.59 Å². The van der Waals surface area contributed by atoms with Crippen molar-refractivity contribution in [1.29, 1.82) is 0 Å². The lowest BCUT2D eigenvalue weighted by molar-refractivity contribution is -0.134. The fourth-order valence-corrected chi connectivity index (χ4v) is 4.75. The van der Waals surface area contributed by atoms with E-state index < -0.39 is 5.54 Å². The Morgan fingerprint density at radius 2 is 1.89 bits per heavy atom. The van der Waals surface area contributed by atoms with Gasteiger partial charge < -0.3 is 15.5 Å². The summed E-state index contributed by atoms with van der Waals surface area (Å²) < 4.78 is 0. The van der Waals surface area contributed by atoms with E-state index in [0.717, 1.165) is 24.8 Å². The fraction of sp³-hybridized carbons (Fsp3) is 0.364. The molecule has 1 fully saturated rings. The molecule has 1 atom stereocenters. The van der Waals surface area contributed by atoms with Crippen molar-refractivity contribution in [3.8, 4) is 0 Å². The molecule has 2 aliphatic rings. The van der Waals surface area contributed by atoms with Gasteiger partial charge in [-0.05, 0) is 48.6 Å². The highest BCUT2D eigenvalue weighted by molar-refractivity contribution is 6.30. The fourth-order valence-electron chi connectivity index (χ4n) is 4.56. The van der Waals surface area contributed by atoms with Crippen LogP contribution in [0.3, 0.4) is 0 Å². The zero-order chi connectivity index (χ0) is 19.7. The summed E-state index contributed by atoms with van der Waals surface area (Å²) in [7, 11) is 0. The number of rotatable bonds is 2. The van der Waals surface area contributed by atoms with Crippen LogP contribution in [0.4, 0.5) is 0 Å². The van der Waals surface area contributed by atoms with Gasteiger partial charge in [0, 0.05) is 30.2 Å². The number of piperidine rings is 1. The number of fused-ring (bicyclic) bond motifs is 1. The minimum Gasteiger partial charge on any atom is -0.339 e. The molecule has 5 nitrogen and oxygen atoms in total. The summed E-state index contributed by atoms with van der Waals surface area (Å²) in [4.78, 5) is 29.6. The van der Waals surface area contributed by atoms with E-state index in [2.05, 4.69) is 12.1 Å². The number of carbonyl (C=O) groups excluding carboxylic acids is 2. The Morgan fingerprint density at radius 1 is 1.11 bits per heavy atom. The molecule has 146 valence electrons. The molecule has 0 bridgehead atoms. The standard InChI is InChI=1S/C22H24ClN3O2/c23-19-8-3-7-16(11-19)21(28)26-14-18-6-2-1-5-17(18)12-22(26)9-4-10-25(15-22)20(27)13-24/h1-3,5-8,11H,4,9-10,12-15,24H2. The van der Waals surface area contributed by atoms with Gasteiger partial charge in [-0.1, -0.05) is 41.9 Å². The van der Waals surface area contributed by atoms with Gasteiger partial charge in [0.25, 0.3) is 5.91 Å². The third kappa shape index (κ3) is 3.40. The molecule has 0 radical (unpaired) electrons. The molecule has 2 aliphatic heterocycles. The van der Waals surface area contributed by atoms with E-state index in [1.54, 1.807) is 24.3 Å². The van der Waals surface area contributed by atoms with Crippen molar-refractivity contribution in [1.82, 2.24) is 9.80 Å². The third-order valence-corrected chi connectivity index (χ3v) is 6.17. The summed E-state index contributed by atoms with van der Waals surface area (Å²) in [6.07, 6.45) is 2.46. The predicted octanol–water partition coefficient (Wildman–Crippen LogP) is 2.86. The maximum absolute atomic E-state index is 13.5. The maximum Gasteiger partial charge on any atom is 0.254 e. The van der Waals surface area contributed by atoms with E-state index in [-0.39, 0.29) is 18.4 Å². The first kappa shape index (κ1) is 19.0. The zero-order valence-electron chi connectivity index (χ0n) is 15.7. The van der Waals surface area contributed by atoms with E-state index >= 15 is 0 Å². The van der Waals surface area contributed by atoms with Gasteiger partial charge >= 0.3 is 0 Å². The van der Waals surface area contributed by atoms with Crippen molar-refractivity contribution in [2.24, 2.45) is 5.73 Å². The molecule has 2 aromatic rings. The molecule has 0 aliphatic carbocycles. The van der Waals surface area contributed by atoms with E-state index in [1.807, 2.05) is 21.9 Å². The first-order chi connectivity index (χ1) is 13.5. The van der Waals surface area contributed by atoms with Gasteiger partial charge in [-0.15, -0.1) is 0 Å². The summed E-state index contributed by atoms with van der Waals surface area (Å²) in [5, 5.41) is 0.542. The van der Waals surface area contributed by atoms with Crippen LogP contribution in [0.15, 0.2) is 48.5 Å². The minimum absolute atomic E-state index is 0.00505. The molecule has 1 unspecified atom stereocenters. The molecular weight excluding hydrogens is 374 g/mol. The van der Waals surface area contributed by atoms with E-state index in [1.165, 1.54) is 5.56 Å². The average Bonchev–Trinajstić information content (AvgIpc) is 2.72. The number of benzene rings is 2. The number of hydrogen-bond donors (Lipinski definition) is 1. The second-order valence-corrected chi connectivity index (χ2v) is 8.13. The monoisotopic (exact) mass is 397 g/mol. The lowest BCUT2D eigenvalue weighted by atomic mass is 9.77. The van der Waals surface area contributed by atoms with Crippen LogP contribution in [-0.4, -0.2) is 46.8 Å². The van der Waals surface area contributed by atoms with Crippen LogP contribution in [-0.2, 0) is 17.8 Å². The predicted molar refractivity (Wildman–Crippen MR) is 109 cm³/mol. The molecule has 4 rings (SSSR count). The van der Waals surface area contributed by atoms with Gasteiger partial charge in [0.15, 0.2) is 0 Å². The third-order valence-electron chi connectivity index (χ3n) is 5.94. The number of nitrogens with zero attached hydrogens (tertiary/aromatic N) is 2. The number of amides is 2. The molecule has 1 spiro atoms. The Balaban J connectivity index is 1.74. The Hall–Kier alpha value is -2.37. The number of carbonyl (C=O) groups is 2. The first-order valence-electron chi connectivity index (χ1n) is 9.65. The largest absolute Gasteiger partial charge is 0.339 e. The van der Waals surface area contributed by atoms with Crippen molar-refractivity contribution in [2.45, 2.75) is 31.3 Å². The van der Waals surface area contributed by atoms with Crippen LogP contribution >= 0.6 is 11.6 Å². The quantitative estimate of drug-likeness (QED) is 0.847. The normalized spacial score (nSPS) is 21.5. The van der Waals surface area contributed by atoms with Crippen molar-refractivity contribution >= 4 is 23.4 Å². The molecule has 2 N–H and O–H groups in total. The van der Waals surface area contributed by atoms with Gasteiger partial charge in [0.05, 0.1) is 12.1 Å². The van der Waals surface area contributed by atoms with Gasteiger partial charge in [-0.25, -0.2) is 0 Å². The lowest BCUT2D eigenvalue weighted by Crippen LogP contribution is -2.64. The Kier molecular flexibility index (Phi) is 5.13. The highest BCUT2D eigenvalue weighted by Crippen LogP contribution is 2.38. The molecule has 6 heteroatoms. The lowest BCUT2D eigenvalue weighted by Gasteiger charge is -2.52. The molecule has 2 aromatic carbocycles. The Bertz CT molecular complexity index is 916. The summed E-state index contributed by atoms with van der Waals surface area (Å²) in [5.41, 5.74) is 8.18. The highest BCUT2D eigenvalue weighted by Gasteiger charge is 2.46. The Morgan fingerprint density at radius 3 is 2.64 bits per heavy atom. The van der Waals surface area contributed by atoms with Crippen LogP contribution in [0, 0.1) is 0 Å². The molecular formula is C22H24ClN3O2. The zero-order valence-corrected chi connectivity index (χ0v) is 16.5. The van der Waals surface area contributed by atoms with Crippen LogP contribution in [0.2, 0.25) is 5.02 Å². The van der Waals surface area contributed by atoms with Crippen molar-refractivity contribution < 1.29 is 9.59 Å². The van der Waals surface area contributed by atoms with E-state index in [4.69, 9.17) is 17.3 Å². The number of nitrogens with two attached hydrogens (primary N) is 1. The van der Waals surface area contributed by atoms with E-state index in [0.29, 0.717) is 30.2 Å². The first-order valence-corrected chi connectivity index (χ1v) is 10.0. The molecule has 0 saturated carbocycles. The smallest absolute Gasteiger partial charge is 0.254 e. The molecule has 1 saturated heterocycles. The minimum atomic E-state index is -0.420. The van der Waals surface area contributed by atoms with Crippen LogP contribution in [0.5, 0.6) is 0 Å². The van der Waals surface area contributed by atoms with Crippen molar-refractivity contribution in [3.05, 3.63) is 70.2 Å². The van der Waals surface area contributed by atoms with Crippen LogP contribution in [0.1, 0.15) is 34.3 Å². The SMILES string of the molecule is NCC(=O)N1CCCC2(Cc3ccccc3CN2C(=O)c2cccc(Cl)c2)C1. The Labute approximate surface area is 170 Å². The molecule has 2 heterocycles. The number of likely N-dealkylation sites (tertiary alicyclic amines) is 1. The van der Waals surface area contributed by atoms with Crippen molar-refractivity contribution in [2.75, 3.05) is 19.6 Å². The average molecular weight is 398 g/mol. The number of halogens is 1. The van der Waals surface area contributed by atoms with Crippen LogP contribution < -0.4 is 5.73 Å². The van der Waals surface area contributed by atoms with Gasteiger partial charge in [-0.3, -0.25) is 9.59 Å². The van der Waals surface area contributed by atoms with Gasteiger partial charge in [0.2, 0.25) is 5.91 Å². The summed E-state index contributed by atoms with van der Waals surface area (Å²) >= 11 is 6.13. The maximum atomic E-state index is 13.5. The van der Waals surface area contributed by atoms with Crippen LogP contribution in [0.25, 0.3) is 0 Å². The van der Waals surface area contributed by atoms with Gasteiger partial charge in [-0.2, -0.15) is 0 Å². The van der Waals surface area contributed by atoms with Crippen molar-refractivity contribution in [3.63, 3.8) is 0 Å². The topological polar surface area (TPSA) is 66.6 Å². The number of hydrogen-bond acceptors (Lipinski definition) is 3. The molecule has 0 aromatic heterocycles.